The van der Waals surface area contributed by atoms with Crippen molar-refractivity contribution in [2.75, 3.05) is 11.9 Å². The molecule has 5 nitrogen and oxygen atoms in total. The molecule has 0 aromatic heterocycles. The molecule has 1 aliphatic heterocycles. The van der Waals surface area contributed by atoms with E-state index >= 15 is 0 Å². The van der Waals surface area contributed by atoms with E-state index in [-0.39, 0.29) is 0 Å². The van der Waals surface area contributed by atoms with Gasteiger partial charge < -0.3 is 5.32 Å². The van der Waals surface area contributed by atoms with Crippen molar-refractivity contribution in [1.29, 1.82) is 0 Å². The number of carbonyl (C=O) groups is 1. The average Bonchev–Trinajstić information content (AvgIpc) is 2.78. The van der Waals surface area contributed by atoms with E-state index in [0.717, 1.165) is 4.47 Å². The minimum atomic E-state index is -1.52. The smallest absolute Gasteiger partial charge is 0.251 e. The molecule has 0 radical (unpaired) electrons. The molecular weight excluding hydrogens is 384 g/mol. The molecule has 0 unspecified atom stereocenters. The van der Waals surface area contributed by atoms with Gasteiger partial charge in [-0.15, -0.1) is 11.6 Å². The van der Waals surface area contributed by atoms with E-state index in [1.54, 1.807) is 42.5 Å². The van der Waals surface area contributed by atoms with Gasteiger partial charge in [-0.05, 0) is 23.8 Å². The van der Waals surface area contributed by atoms with Crippen molar-refractivity contribution in [3.05, 3.63) is 74.2 Å². The summed E-state index contributed by atoms with van der Waals surface area (Å²) in [4.78, 5) is 21.8. The Labute approximate surface area is 145 Å². The maximum Gasteiger partial charge on any atom is 0.251 e. The summed E-state index contributed by atoms with van der Waals surface area (Å²) < 4.78 is 0.755. The third-order valence-electron chi connectivity index (χ3n) is 3.97. The topological polar surface area (TPSA) is 72.2 Å². The lowest BCUT2D eigenvalue weighted by molar-refractivity contribution is -0.484. The summed E-state index contributed by atoms with van der Waals surface area (Å²) in [7, 11) is 0. The molecule has 0 spiro atoms. The van der Waals surface area contributed by atoms with Crippen LogP contribution in [0.25, 0.3) is 0 Å². The summed E-state index contributed by atoms with van der Waals surface area (Å²) in [5, 5.41) is 13.9. The summed E-state index contributed by atoms with van der Waals surface area (Å²) in [6.45, 7) is -0.438. The van der Waals surface area contributed by atoms with E-state index in [4.69, 9.17) is 11.6 Å². The van der Waals surface area contributed by atoms with Crippen LogP contribution in [0.3, 0.4) is 0 Å². The van der Waals surface area contributed by atoms with Gasteiger partial charge in [0, 0.05) is 20.6 Å². The van der Waals surface area contributed by atoms with Gasteiger partial charge in [0.25, 0.3) is 5.91 Å². The zero-order valence-electron chi connectivity index (χ0n) is 11.8. The van der Waals surface area contributed by atoms with Crippen LogP contribution in [0.2, 0.25) is 0 Å². The van der Waals surface area contributed by atoms with Gasteiger partial charge in [0.15, 0.2) is 4.87 Å². The fourth-order valence-electron chi connectivity index (χ4n) is 2.90. The number of alkyl halides is 1. The normalized spacial score (nSPS) is 20.7. The number of anilines is 1. The van der Waals surface area contributed by atoms with Gasteiger partial charge in [0.1, 0.15) is 0 Å². The standard InChI is InChI=1S/C16H12BrClN2O3/c17-11-6-7-14-12(8-11)16(18,15(21)19-14)13(9-20(22)23)10-4-2-1-3-5-10/h1-8,13H,9H2,(H,19,21)/t13-,16+/m1/s1. The second-order valence-electron chi connectivity index (χ2n) is 5.33. The highest BCUT2D eigenvalue weighted by atomic mass is 79.9. The Hall–Kier alpha value is -1.92. The minimum absolute atomic E-state index is 0.438. The Morgan fingerprint density at radius 3 is 2.61 bits per heavy atom. The predicted octanol–water partition coefficient (Wildman–Crippen LogP) is 3.90. The summed E-state index contributed by atoms with van der Waals surface area (Å²) >= 11 is 10.1. The molecule has 0 bridgehead atoms. The second-order valence-corrected chi connectivity index (χ2v) is 6.85. The van der Waals surface area contributed by atoms with Gasteiger partial charge in [-0.25, -0.2) is 0 Å². The number of nitrogens with one attached hydrogen (secondary N) is 1. The molecule has 0 saturated heterocycles. The van der Waals surface area contributed by atoms with E-state index < -0.39 is 28.2 Å². The lowest BCUT2D eigenvalue weighted by Gasteiger charge is -2.28. The van der Waals surface area contributed by atoms with Crippen LogP contribution >= 0.6 is 27.5 Å². The number of benzene rings is 2. The van der Waals surface area contributed by atoms with Crippen molar-refractivity contribution < 1.29 is 9.72 Å². The van der Waals surface area contributed by atoms with Gasteiger partial charge in [-0.2, -0.15) is 0 Å². The van der Waals surface area contributed by atoms with Crippen LogP contribution in [0.4, 0.5) is 5.69 Å². The number of fused-ring (bicyclic) bond motifs is 1. The number of nitrogens with zero attached hydrogens (tertiary/aromatic N) is 1. The van der Waals surface area contributed by atoms with Gasteiger partial charge in [0.05, 0.1) is 5.92 Å². The Balaban J connectivity index is 2.17. The molecular formula is C16H12BrClN2O3. The van der Waals surface area contributed by atoms with Crippen molar-refractivity contribution in [3.8, 4) is 0 Å². The zero-order chi connectivity index (χ0) is 16.6. The molecule has 1 aliphatic rings. The molecule has 1 N–H and O–H groups in total. The lowest BCUT2D eigenvalue weighted by atomic mass is 9.81. The number of carbonyl (C=O) groups excluding carboxylic acids is 1. The quantitative estimate of drug-likeness (QED) is 0.485. The van der Waals surface area contributed by atoms with E-state index in [1.165, 1.54) is 0 Å². The molecule has 3 rings (SSSR count). The number of hydrogen-bond donors (Lipinski definition) is 1. The number of halogens is 2. The maximum atomic E-state index is 12.6. The molecule has 23 heavy (non-hydrogen) atoms. The van der Waals surface area contributed by atoms with Crippen molar-refractivity contribution in [2.24, 2.45) is 0 Å². The minimum Gasteiger partial charge on any atom is -0.324 e. The van der Waals surface area contributed by atoms with Crippen molar-refractivity contribution >= 4 is 39.1 Å². The zero-order valence-corrected chi connectivity index (χ0v) is 14.2. The van der Waals surface area contributed by atoms with Crippen LogP contribution in [0.15, 0.2) is 53.0 Å². The lowest BCUT2D eigenvalue weighted by Crippen LogP contribution is -2.38. The van der Waals surface area contributed by atoms with Gasteiger partial charge in [0.2, 0.25) is 6.54 Å². The van der Waals surface area contributed by atoms with E-state index in [0.29, 0.717) is 16.8 Å². The van der Waals surface area contributed by atoms with E-state index in [1.807, 2.05) is 6.07 Å². The van der Waals surface area contributed by atoms with E-state index in [2.05, 4.69) is 21.2 Å². The van der Waals surface area contributed by atoms with Crippen LogP contribution < -0.4 is 5.32 Å². The van der Waals surface area contributed by atoms with Crippen LogP contribution in [-0.2, 0) is 9.67 Å². The largest absolute Gasteiger partial charge is 0.324 e. The van der Waals surface area contributed by atoms with Gasteiger partial charge in [-0.1, -0.05) is 46.3 Å². The first-order chi connectivity index (χ1) is 10.9. The number of nitro groups is 1. The molecule has 7 heteroatoms. The second kappa shape index (κ2) is 5.94. The Bertz CT molecular complexity index is 784. The fourth-order valence-corrected chi connectivity index (χ4v) is 3.66. The fraction of sp³-hybridized carbons (Fsp3) is 0.188. The molecule has 1 heterocycles. The summed E-state index contributed by atoms with van der Waals surface area (Å²) in [5.41, 5.74) is 1.79. The van der Waals surface area contributed by atoms with Crippen molar-refractivity contribution in [2.45, 2.75) is 10.8 Å². The molecule has 0 saturated carbocycles. The van der Waals surface area contributed by atoms with Crippen LogP contribution in [-0.4, -0.2) is 17.4 Å². The predicted molar refractivity (Wildman–Crippen MR) is 91.3 cm³/mol. The highest BCUT2D eigenvalue weighted by molar-refractivity contribution is 9.10. The molecule has 0 aliphatic carbocycles. The summed E-state index contributed by atoms with van der Waals surface area (Å²) in [6.07, 6.45) is 0. The highest BCUT2D eigenvalue weighted by Crippen LogP contribution is 2.50. The Morgan fingerprint density at radius 2 is 1.96 bits per heavy atom. The van der Waals surface area contributed by atoms with Crippen LogP contribution in [0.5, 0.6) is 0 Å². The third kappa shape index (κ3) is 2.72. The molecule has 2 atom stereocenters. The first-order valence-electron chi connectivity index (χ1n) is 6.90. The SMILES string of the molecule is O=C1Nc2ccc(Br)cc2[C@]1(Cl)[C@H](C[N+](=O)[O-])c1ccccc1. The first-order valence-corrected chi connectivity index (χ1v) is 8.07. The molecule has 2 aromatic rings. The Kier molecular flexibility index (Phi) is 4.12. The first kappa shape index (κ1) is 16.0. The van der Waals surface area contributed by atoms with Crippen LogP contribution in [0, 0.1) is 10.1 Å². The van der Waals surface area contributed by atoms with Crippen LogP contribution in [0.1, 0.15) is 17.0 Å². The maximum absolute atomic E-state index is 12.6. The summed E-state index contributed by atoms with van der Waals surface area (Å²) in [6, 6.07) is 14.1. The van der Waals surface area contributed by atoms with Crippen molar-refractivity contribution in [3.63, 3.8) is 0 Å². The van der Waals surface area contributed by atoms with Gasteiger partial charge >= 0.3 is 0 Å². The Morgan fingerprint density at radius 1 is 1.26 bits per heavy atom. The highest BCUT2D eigenvalue weighted by Gasteiger charge is 2.53. The number of rotatable bonds is 4. The molecule has 2 aromatic carbocycles. The summed E-state index contributed by atoms with van der Waals surface area (Å²) in [5.74, 6) is -1.22. The molecule has 0 fully saturated rings. The van der Waals surface area contributed by atoms with Crippen molar-refractivity contribution in [1.82, 2.24) is 0 Å². The monoisotopic (exact) mass is 394 g/mol. The average molecular weight is 396 g/mol. The number of hydrogen-bond acceptors (Lipinski definition) is 3. The van der Waals surface area contributed by atoms with Gasteiger partial charge in [-0.3, -0.25) is 14.9 Å². The molecule has 118 valence electrons. The van der Waals surface area contributed by atoms with E-state index in [9.17, 15) is 14.9 Å². The third-order valence-corrected chi connectivity index (χ3v) is 5.10. The molecule has 1 amide bonds. The number of amides is 1.